The quantitative estimate of drug-likeness (QED) is 0.508. The Labute approximate surface area is 65.5 Å². The summed E-state index contributed by atoms with van der Waals surface area (Å²) in [4.78, 5) is 10.3. The van der Waals surface area contributed by atoms with E-state index in [1.165, 1.54) is 0 Å². The molecule has 0 bridgehead atoms. The van der Waals surface area contributed by atoms with Crippen molar-refractivity contribution >= 4 is 17.6 Å². The van der Waals surface area contributed by atoms with E-state index in [1.807, 2.05) is 0 Å². The number of rotatable bonds is 4. The van der Waals surface area contributed by atoms with E-state index in [0.717, 1.165) is 6.42 Å². The second-order valence-corrected chi connectivity index (χ2v) is 2.29. The molecule has 0 aromatic heterocycles. The van der Waals surface area contributed by atoms with Crippen molar-refractivity contribution in [1.29, 1.82) is 0 Å². The predicted octanol–water partition coefficient (Wildman–Crippen LogP) is 2.04. The first-order valence-corrected chi connectivity index (χ1v) is 3.70. The Bertz CT molecular complexity index is 141. The van der Waals surface area contributed by atoms with Gasteiger partial charge in [0.2, 0.25) is 0 Å². The molecule has 0 rings (SSSR count). The van der Waals surface area contributed by atoms with Gasteiger partial charge < -0.3 is 5.11 Å². The third-order valence-corrected chi connectivity index (χ3v) is 1.47. The number of aliphatic carboxylic acids is 1. The van der Waals surface area contributed by atoms with E-state index in [-0.39, 0.29) is 0 Å². The average molecular weight is 163 g/mol. The molecule has 0 amide bonds. The molecule has 0 fully saturated rings. The first kappa shape index (κ1) is 9.50. The summed E-state index contributed by atoms with van der Waals surface area (Å²) >= 11 is 5.39. The number of hydrogen-bond acceptors (Lipinski definition) is 1. The Hall–Kier alpha value is -0.500. The molecule has 0 aliphatic carbocycles. The normalized spacial score (nSPS) is 11.6. The topological polar surface area (TPSA) is 37.3 Å². The van der Waals surface area contributed by atoms with Crippen LogP contribution in [-0.4, -0.2) is 17.0 Å². The molecule has 0 atom stereocenters. The van der Waals surface area contributed by atoms with Crippen molar-refractivity contribution in [3.05, 3.63) is 11.6 Å². The molecule has 0 aliphatic rings. The monoisotopic (exact) mass is 162 g/mol. The molecule has 0 radical (unpaired) electrons. The number of hydrogen-bond donors (Lipinski definition) is 1. The van der Waals surface area contributed by atoms with Crippen molar-refractivity contribution in [3.8, 4) is 0 Å². The van der Waals surface area contributed by atoms with Gasteiger partial charge in [0.05, 0.1) is 0 Å². The minimum absolute atomic E-state index is 0.445. The van der Waals surface area contributed by atoms with Gasteiger partial charge in [-0.3, -0.25) is 0 Å². The van der Waals surface area contributed by atoms with Crippen LogP contribution >= 0.6 is 11.6 Å². The molecule has 0 heterocycles. The Morgan fingerprint density at radius 2 is 2.30 bits per heavy atom. The highest BCUT2D eigenvalue weighted by atomic mass is 35.5. The SMILES string of the molecule is C/C=C(/CCCCl)C(=O)O. The number of alkyl halides is 1. The lowest BCUT2D eigenvalue weighted by molar-refractivity contribution is -0.132. The van der Waals surface area contributed by atoms with Crippen molar-refractivity contribution in [3.63, 3.8) is 0 Å². The summed E-state index contributed by atoms with van der Waals surface area (Å²) in [6.07, 6.45) is 2.90. The van der Waals surface area contributed by atoms with Gasteiger partial charge in [0.1, 0.15) is 0 Å². The van der Waals surface area contributed by atoms with Crippen LogP contribution in [0.3, 0.4) is 0 Å². The number of carbonyl (C=O) groups is 1. The van der Waals surface area contributed by atoms with Crippen LogP contribution in [0.1, 0.15) is 19.8 Å². The van der Waals surface area contributed by atoms with E-state index in [2.05, 4.69) is 0 Å². The van der Waals surface area contributed by atoms with Gasteiger partial charge in [-0.2, -0.15) is 0 Å². The first-order chi connectivity index (χ1) is 4.72. The van der Waals surface area contributed by atoms with Gasteiger partial charge in [0.15, 0.2) is 0 Å². The summed E-state index contributed by atoms with van der Waals surface area (Å²) in [5.41, 5.74) is 0.445. The highest BCUT2D eigenvalue weighted by Crippen LogP contribution is 2.05. The molecule has 2 nitrogen and oxygen atoms in total. The minimum Gasteiger partial charge on any atom is -0.478 e. The molecule has 3 heteroatoms. The largest absolute Gasteiger partial charge is 0.478 e. The Kier molecular flexibility index (Phi) is 5.03. The molecule has 0 aromatic rings. The molecule has 58 valence electrons. The molecular weight excluding hydrogens is 152 g/mol. The first-order valence-electron chi connectivity index (χ1n) is 3.16. The summed E-state index contributed by atoms with van der Waals surface area (Å²) < 4.78 is 0. The third-order valence-electron chi connectivity index (χ3n) is 1.20. The summed E-state index contributed by atoms with van der Waals surface area (Å²) in [6, 6.07) is 0. The maximum absolute atomic E-state index is 10.3. The molecular formula is C7H11ClO2. The van der Waals surface area contributed by atoms with Crippen LogP contribution in [-0.2, 0) is 4.79 Å². The van der Waals surface area contributed by atoms with E-state index in [4.69, 9.17) is 16.7 Å². The number of carboxylic acids is 1. The molecule has 10 heavy (non-hydrogen) atoms. The maximum atomic E-state index is 10.3. The fourth-order valence-corrected chi connectivity index (χ4v) is 0.766. The molecule has 0 saturated carbocycles. The lowest BCUT2D eigenvalue weighted by Crippen LogP contribution is -2.00. The van der Waals surface area contributed by atoms with Crippen LogP contribution in [0.15, 0.2) is 11.6 Å². The zero-order valence-corrected chi connectivity index (χ0v) is 6.69. The van der Waals surface area contributed by atoms with Crippen LogP contribution in [0, 0.1) is 0 Å². The van der Waals surface area contributed by atoms with Gasteiger partial charge in [0, 0.05) is 11.5 Å². The van der Waals surface area contributed by atoms with Crippen LogP contribution in [0.5, 0.6) is 0 Å². The van der Waals surface area contributed by atoms with Gasteiger partial charge in [-0.25, -0.2) is 4.79 Å². The van der Waals surface area contributed by atoms with Crippen LogP contribution in [0.25, 0.3) is 0 Å². The number of halogens is 1. The van der Waals surface area contributed by atoms with Crippen LogP contribution in [0.2, 0.25) is 0 Å². The summed E-state index contributed by atoms with van der Waals surface area (Å²) in [5, 5.41) is 8.49. The fraction of sp³-hybridized carbons (Fsp3) is 0.571. The summed E-state index contributed by atoms with van der Waals surface area (Å²) in [7, 11) is 0. The van der Waals surface area contributed by atoms with E-state index in [1.54, 1.807) is 13.0 Å². The average Bonchev–Trinajstić information content (AvgIpc) is 1.89. The number of carboxylic acid groups (broad SMARTS) is 1. The van der Waals surface area contributed by atoms with Gasteiger partial charge >= 0.3 is 5.97 Å². The molecule has 0 aliphatic heterocycles. The van der Waals surface area contributed by atoms with Crippen LogP contribution in [0.4, 0.5) is 0 Å². The molecule has 1 N–H and O–H groups in total. The molecule has 0 unspecified atom stereocenters. The van der Waals surface area contributed by atoms with Gasteiger partial charge in [-0.1, -0.05) is 6.08 Å². The van der Waals surface area contributed by atoms with Crippen LogP contribution < -0.4 is 0 Å². The van der Waals surface area contributed by atoms with Gasteiger partial charge in [-0.05, 0) is 19.8 Å². The Balaban J connectivity index is 3.74. The highest BCUT2D eigenvalue weighted by Gasteiger charge is 2.03. The van der Waals surface area contributed by atoms with Gasteiger partial charge in [-0.15, -0.1) is 11.6 Å². The zero-order valence-electron chi connectivity index (χ0n) is 5.93. The fourth-order valence-electron chi connectivity index (χ4n) is 0.632. The van der Waals surface area contributed by atoms with E-state index >= 15 is 0 Å². The Morgan fingerprint density at radius 1 is 1.70 bits per heavy atom. The lowest BCUT2D eigenvalue weighted by Gasteiger charge is -1.96. The standard InChI is InChI=1S/C7H11ClO2/c1-2-6(7(9)10)4-3-5-8/h2H,3-5H2,1H3,(H,9,10)/b6-2-. The minimum atomic E-state index is -0.840. The molecule has 0 aromatic carbocycles. The number of allylic oxidation sites excluding steroid dienone is 1. The molecule has 0 spiro atoms. The predicted molar refractivity (Wildman–Crippen MR) is 41.3 cm³/mol. The zero-order chi connectivity index (χ0) is 7.98. The van der Waals surface area contributed by atoms with E-state index in [9.17, 15) is 4.79 Å². The Morgan fingerprint density at radius 3 is 2.60 bits per heavy atom. The van der Waals surface area contributed by atoms with Crippen molar-refractivity contribution in [2.24, 2.45) is 0 Å². The summed E-state index contributed by atoms with van der Waals surface area (Å²) in [5.74, 6) is -0.322. The second kappa shape index (κ2) is 5.30. The lowest BCUT2D eigenvalue weighted by atomic mass is 10.1. The van der Waals surface area contributed by atoms with E-state index < -0.39 is 5.97 Å². The smallest absolute Gasteiger partial charge is 0.331 e. The maximum Gasteiger partial charge on any atom is 0.331 e. The molecule has 0 saturated heterocycles. The van der Waals surface area contributed by atoms with Crippen molar-refractivity contribution in [1.82, 2.24) is 0 Å². The van der Waals surface area contributed by atoms with Crippen molar-refractivity contribution in [2.45, 2.75) is 19.8 Å². The van der Waals surface area contributed by atoms with E-state index in [0.29, 0.717) is 17.9 Å². The van der Waals surface area contributed by atoms with Crippen molar-refractivity contribution < 1.29 is 9.90 Å². The third kappa shape index (κ3) is 3.51. The second-order valence-electron chi connectivity index (χ2n) is 1.91. The van der Waals surface area contributed by atoms with Gasteiger partial charge in [0.25, 0.3) is 0 Å². The summed E-state index contributed by atoms with van der Waals surface area (Å²) in [6.45, 7) is 1.72. The van der Waals surface area contributed by atoms with Crippen molar-refractivity contribution in [2.75, 3.05) is 5.88 Å². The highest BCUT2D eigenvalue weighted by molar-refractivity contribution is 6.17.